The molecular formula is C45H59N7O6. The molecule has 8 atom stereocenters. The van der Waals surface area contributed by atoms with Crippen LogP contribution in [-0.2, 0) is 19.1 Å². The summed E-state index contributed by atoms with van der Waals surface area (Å²) in [6.07, 6.45) is 4.72. The van der Waals surface area contributed by atoms with Crippen molar-refractivity contribution < 1.29 is 28.7 Å². The maximum atomic E-state index is 13.9. The smallest absolute Gasteiger partial charge is 0.407 e. The van der Waals surface area contributed by atoms with Crippen molar-refractivity contribution in [3.63, 3.8) is 0 Å². The fraction of sp³-hybridized carbons (Fsp3) is 0.511. The fourth-order valence-corrected chi connectivity index (χ4v) is 8.61. The van der Waals surface area contributed by atoms with E-state index in [4.69, 9.17) is 19.5 Å². The van der Waals surface area contributed by atoms with E-state index in [0.717, 1.165) is 57.9 Å². The number of nitrogens with one attached hydrogen (secondary N) is 3. The monoisotopic (exact) mass is 793 g/mol. The van der Waals surface area contributed by atoms with Crippen LogP contribution in [0.15, 0.2) is 65.9 Å². The molecule has 2 aromatic carbocycles. The van der Waals surface area contributed by atoms with Crippen molar-refractivity contribution in [2.45, 2.75) is 111 Å². The number of benzene rings is 2. The number of aliphatic imine (C=N–C) groups is 1. The molecule has 0 aliphatic carbocycles. The lowest BCUT2D eigenvalue weighted by molar-refractivity contribution is -0.138. The van der Waals surface area contributed by atoms with E-state index in [0.29, 0.717) is 6.42 Å². The first kappa shape index (κ1) is 42.2. The van der Waals surface area contributed by atoms with Crippen molar-refractivity contribution in [1.82, 2.24) is 30.4 Å². The van der Waals surface area contributed by atoms with E-state index in [2.05, 4.69) is 91.8 Å². The van der Waals surface area contributed by atoms with Crippen molar-refractivity contribution in [3.8, 4) is 22.4 Å². The number of H-pyrrole nitrogens is 1. The third kappa shape index (κ3) is 8.54. The number of nitrogens with zero attached hydrogens (tertiary/aromatic N) is 4. The minimum Gasteiger partial charge on any atom is -0.453 e. The fourth-order valence-electron chi connectivity index (χ4n) is 8.61. The van der Waals surface area contributed by atoms with E-state index >= 15 is 0 Å². The van der Waals surface area contributed by atoms with Gasteiger partial charge in [0.1, 0.15) is 17.9 Å². The topological polar surface area (TPSA) is 158 Å². The van der Waals surface area contributed by atoms with Crippen LogP contribution in [0.25, 0.3) is 28.0 Å². The first-order valence-electron chi connectivity index (χ1n) is 20.5. The zero-order valence-corrected chi connectivity index (χ0v) is 35.4. The predicted octanol–water partition coefficient (Wildman–Crippen LogP) is 7.61. The molecule has 2 fully saturated rings. The Bertz CT molecular complexity index is 2040. The number of ether oxygens (including phenoxy) is 2. The Kier molecular flexibility index (Phi) is 12.8. The first-order valence-corrected chi connectivity index (χ1v) is 20.5. The molecule has 3 N–H and O–H groups in total. The number of imidazole rings is 1. The van der Waals surface area contributed by atoms with Gasteiger partial charge in [-0.1, -0.05) is 90.1 Å². The van der Waals surface area contributed by atoms with Gasteiger partial charge >= 0.3 is 12.2 Å². The summed E-state index contributed by atoms with van der Waals surface area (Å²) >= 11 is 0. The molecule has 6 rings (SSSR count). The van der Waals surface area contributed by atoms with Crippen LogP contribution in [0.4, 0.5) is 9.59 Å². The maximum Gasteiger partial charge on any atom is 0.407 e. The number of methoxy groups -OCH3 is 2. The van der Waals surface area contributed by atoms with Crippen LogP contribution in [0.5, 0.6) is 0 Å². The Labute approximate surface area is 342 Å². The van der Waals surface area contributed by atoms with Gasteiger partial charge in [-0.05, 0) is 78.2 Å². The zero-order valence-electron chi connectivity index (χ0n) is 35.4. The van der Waals surface area contributed by atoms with Gasteiger partial charge in [-0.2, -0.15) is 0 Å². The summed E-state index contributed by atoms with van der Waals surface area (Å²) in [7, 11) is 2.60. The van der Waals surface area contributed by atoms with Gasteiger partial charge < -0.3 is 34.9 Å². The van der Waals surface area contributed by atoms with Gasteiger partial charge in [-0.15, -0.1) is 0 Å². The standard InChI is InChI=1S/C45H59N7O6/c1-24(2)39(49-44(55)57-9)42(53)51-28(7)26(5)19-37(51)35-21-34(22-46-35)32-13-11-30(12-14-32)31-15-17-33(18-16-31)36-23-47-41(48-36)38-20-27(6)29(8)52(38)43(54)40(25(3)4)50-45(56)58-10/h11-18,22-29,37-40H,19-21H2,1-10H3,(H,47,48)(H,49,55)(H,50,56)/t26-,27-,28-,29-,37-,38-,39-,40-/m0/s1. The van der Waals surface area contributed by atoms with Crippen molar-refractivity contribution >= 4 is 35.3 Å². The highest BCUT2D eigenvalue weighted by molar-refractivity contribution is 6.04. The Balaban J connectivity index is 1.11. The first-order chi connectivity index (χ1) is 27.6. The number of aromatic nitrogens is 2. The maximum absolute atomic E-state index is 13.9. The van der Waals surface area contributed by atoms with Crippen molar-refractivity contribution in [2.75, 3.05) is 14.2 Å². The minimum absolute atomic E-state index is 0.00718. The molecule has 3 aromatic rings. The van der Waals surface area contributed by atoms with Crippen LogP contribution in [-0.4, -0.2) is 93.9 Å². The number of hydrogen-bond acceptors (Lipinski definition) is 8. The van der Waals surface area contributed by atoms with Gasteiger partial charge in [-0.25, -0.2) is 14.6 Å². The Morgan fingerprint density at radius 2 is 1.14 bits per heavy atom. The molecule has 4 heterocycles. The number of aromatic amines is 1. The summed E-state index contributed by atoms with van der Waals surface area (Å²) < 4.78 is 9.62. The molecule has 310 valence electrons. The summed E-state index contributed by atoms with van der Waals surface area (Å²) in [6.45, 7) is 16.1. The van der Waals surface area contributed by atoms with Crippen LogP contribution < -0.4 is 10.6 Å². The molecule has 58 heavy (non-hydrogen) atoms. The highest BCUT2D eigenvalue weighted by Crippen LogP contribution is 2.41. The van der Waals surface area contributed by atoms with Crippen LogP contribution in [0.3, 0.4) is 0 Å². The molecule has 4 amide bonds. The molecule has 13 heteroatoms. The molecular weight excluding hydrogens is 735 g/mol. The Hall–Kier alpha value is -5.46. The highest BCUT2D eigenvalue weighted by Gasteiger charge is 2.46. The molecule has 0 unspecified atom stereocenters. The molecule has 1 aromatic heterocycles. The van der Waals surface area contributed by atoms with Crippen LogP contribution in [0.1, 0.15) is 92.1 Å². The van der Waals surface area contributed by atoms with Gasteiger partial charge in [0, 0.05) is 30.4 Å². The number of hydrogen-bond donors (Lipinski definition) is 3. The lowest BCUT2D eigenvalue weighted by atomic mass is 9.95. The van der Waals surface area contributed by atoms with Crippen molar-refractivity contribution in [2.24, 2.45) is 28.7 Å². The van der Waals surface area contributed by atoms with Gasteiger partial charge in [0.25, 0.3) is 0 Å². The zero-order chi connectivity index (χ0) is 42.0. The minimum atomic E-state index is -0.714. The van der Waals surface area contributed by atoms with Crippen molar-refractivity contribution in [3.05, 3.63) is 72.3 Å². The molecule has 0 radical (unpaired) electrons. The SMILES string of the molecule is COC(=O)N[C@H](C(=O)N1[C@H](C2=NC=C(c3ccc(-c4ccc(-c5cnc([C@@H]6C[C@H](C)[C@H](C)N6C(=O)[C@@H](NC(=O)OC)C(C)C)[nH]5)cc4)cc3)C2)C[C@H](C)[C@@H]1C)C(C)C. The summed E-state index contributed by atoms with van der Waals surface area (Å²) in [5, 5.41) is 5.48. The van der Waals surface area contributed by atoms with Crippen molar-refractivity contribution in [1.29, 1.82) is 0 Å². The number of carbonyl (C=O) groups excluding carboxylic acids is 4. The molecule has 0 saturated carbocycles. The van der Waals surface area contributed by atoms with E-state index in [1.54, 1.807) is 0 Å². The quantitative estimate of drug-likeness (QED) is 0.180. The largest absolute Gasteiger partial charge is 0.453 e. The number of alkyl carbamates (subject to hydrolysis) is 2. The molecule has 0 bridgehead atoms. The molecule has 0 spiro atoms. The second-order valence-electron chi connectivity index (χ2n) is 16.9. The molecule has 3 aliphatic rings. The third-order valence-electron chi connectivity index (χ3n) is 12.5. The van der Waals surface area contributed by atoms with E-state index in [9.17, 15) is 19.2 Å². The third-order valence-corrected chi connectivity index (χ3v) is 12.5. The number of carbonyl (C=O) groups is 4. The average Bonchev–Trinajstić information content (AvgIpc) is 4.02. The average molecular weight is 794 g/mol. The van der Waals surface area contributed by atoms with E-state index in [1.807, 2.05) is 49.9 Å². The second-order valence-corrected chi connectivity index (χ2v) is 16.9. The van der Waals surface area contributed by atoms with Gasteiger partial charge in [0.15, 0.2) is 0 Å². The summed E-state index contributed by atoms with van der Waals surface area (Å²) in [5.74, 6) is 0.779. The normalized spacial score (nSPS) is 24.1. The van der Waals surface area contributed by atoms with Crippen LogP contribution in [0.2, 0.25) is 0 Å². The van der Waals surface area contributed by atoms with Gasteiger partial charge in [0.05, 0.1) is 38.2 Å². The predicted molar refractivity (Wildman–Crippen MR) is 225 cm³/mol. The van der Waals surface area contributed by atoms with Crippen LogP contribution >= 0.6 is 0 Å². The summed E-state index contributed by atoms with van der Waals surface area (Å²) in [4.78, 5) is 68.9. The molecule has 3 aliphatic heterocycles. The highest BCUT2D eigenvalue weighted by atomic mass is 16.5. The van der Waals surface area contributed by atoms with Gasteiger partial charge in [-0.3, -0.25) is 14.6 Å². The van der Waals surface area contributed by atoms with Crippen LogP contribution in [0, 0.1) is 23.7 Å². The van der Waals surface area contributed by atoms with E-state index in [1.165, 1.54) is 14.2 Å². The van der Waals surface area contributed by atoms with E-state index in [-0.39, 0.29) is 59.7 Å². The summed E-state index contributed by atoms with van der Waals surface area (Å²) in [5.41, 5.74) is 7.14. The molecule has 2 saturated heterocycles. The lowest BCUT2D eigenvalue weighted by Crippen LogP contribution is -2.55. The van der Waals surface area contributed by atoms with E-state index < -0.39 is 24.3 Å². The Morgan fingerprint density at radius 3 is 1.62 bits per heavy atom. The number of allylic oxidation sites excluding steroid dienone is 1. The number of likely N-dealkylation sites (tertiary alicyclic amines) is 2. The van der Waals surface area contributed by atoms with Gasteiger partial charge in [0.2, 0.25) is 11.8 Å². The number of amides is 4. The Morgan fingerprint density at radius 1 is 0.690 bits per heavy atom. The second kappa shape index (κ2) is 17.6. The molecule has 13 nitrogen and oxygen atoms in total. The summed E-state index contributed by atoms with van der Waals surface area (Å²) in [6, 6.07) is 15.0. The number of rotatable bonds is 11. The lowest BCUT2D eigenvalue weighted by Gasteiger charge is -2.34.